The van der Waals surface area contributed by atoms with Crippen LogP contribution < -0.4 is 0 Å². The summed E-state index contributed by atoms with van der Waals surface area (Å²) in [5.74, 6) is 1.07. The van der Waals surface area contributed by atoms with Crippen molar-refractivity contribution in [2.75, 3.05) is 0 Å². The highest BCUT2D eigenvalue weighted by Crippen LogP contribution is 2.34. The number of rotatable bonds is 0. The van der Waals surface area contributed by atoms with Crippen LogP contribution >= 0.6 is 0 Å². The summed E-state index contributed by atoms with van der Waals surface area (Å²) in [6.45, 7) is 0. The lowest BCUT2D eigenvalue weighted by atomic mass is 9.77. The van der Waals surface area contributed by atoms with Crippen LogP contribution in [0.15, 0.2) is 11.6 Å². The fourth-order valence-electron chi connectivity index (χ4n) is 2.24. The summed E-state index contributed by atoms with van der Waals surface area (Å²) in [7, 11) is 0. The molecule has 0 radical (unpaired) electrons. The number of carbonyl (C=O) groups excluding carboxylic acids is 1. The topological polar surface area (TPSA) is 17.1 Å². The van der Waals surface area contributed by atoms with E-state index in [0.29, 0.717) is 11.7 Å². The zero-order chi connectivity index (χ0) is 7.68. The van der Waals surface area contributed by atoms with Crippen LogP contribution in [0.2, 0.25) is 0 Å². The van der Waals surface area contributed by atoms with E-state index in [2.05, 4.69) is 6.08 Å². The molecule has 0 bridgehead atoms. The predicted octanol–water partition coefficient (Wildman–Crippen LogP) is 2.47. The van der Waals surface area contributed by atoms with Gasteiger partial charge < -0.3 is 0 Å². The molecule has 2 aliphatic carbocycles. The van der Waals surface area contributed by atoms with Crippen LogP contribution in [0, 0.1) is 5.92 Å². The first-order valence-corrected chi connectivity index (χ1v) is 4.61. The molecule has 1 unspecified atom stereocenters. The van der Waals surface area contributed by atoms with Gasteiger partial charge in [0.15, 0.2) is 5.78 Å². The Labute approximate surface area is 67.5 Å². The van der Waals surface area contributed by atoms with Crippen LogP contribution in [0.1, 0.15) is 38.5 Å². The summed E-state index contributed by atoms with van der Waals surface area (Å²) in [6.07, 6.45) is 9.06. The molecule has 0 aromatic heterocycles. The van der Waals surface area contributed by atoms with Gasteiger partial charge in [-0.15, -0.1) is 0 Å². The molecule has 60 valence electrons. The van der Waals surface area contributed by atoms with Crippen LogP contribution in [-0.4, -0.2) is 5.78 Å². The summed E-state index contributed by atoms with van der Waals surface area (Å²) in [5, 5.41) is 0. The first kappa shape index (κ1) is 7.08. The average Bonchev–Trinajstić information content (AvgIpc) is 2.06. The Hall–Kier alpha value is -0.590. The van der Waals surface area contributed by atoms with Crippen molar-refractivity contribution in [2.24, 2.45) is 5.92 Å². The zero-order valence-electron chi connectivity index (χ0n) is 6.81. The number of hydrogen-bond acceptors (Lipinski definition) is 1. The number of Topliss-reactive ketones (excluding diaryl/α,β-unsaturated/α-hetero) is 1. The van der Waals surface area contributed by atoms with E-state index in [1.807, 2.05) is 0 Å². The highest BCUT2D eigenvalue weighted by atomic mass is 16.1. The van der Waals surface area contributed by atoms with Crippen molar-refractivity contribution in [2.45, 2.75) is 38.5 Å². The maximum Gasteiger partial charge on any atom is 0.158 e. The number of hydrogen-bond donors (Lipinski definition) is 0. The van der Waals surface area contributed by atoms with Crippen LogP contribution in [0.4, 0.5) is 0 Å². The maximum absolute atomic E-state index is 11.4. The summed E-state index contributed by atoms with van der Waals surface area (Å²) in [6, 6.07) is 0. The highest BCUT2D eigenvalue weighted by molar-refractivity contribution is 5.96. The van der Waals surface area contributed by atoms with Gasteiger partial charge in [-0.2, -0.15) is 0 Å². The van der Waals surface area contributed by atoms with E-state index < -0.39 is 0 Å². The Bertz CT molecular complexity index is 203. The van der Waals surface area contributed by atoms with Crippen molar-refractivity contribution in [3.05, 3.63) is 11.6 Å². The molecular weight excluding hydrogens is 136 g/mol. The lowest BCUT2D eigenvalue weighted by Gasteiger charge is -2.27. The van der Waals surface area contributed by atoms with Crippen molar-refractivity contribution in [3.8, 4) is 0 Å². The average molecular weight is 150 g/mol. The van der Waals surface area contributed by atoms with Gasteiger partial charge in [-0.25, -0.2) is 0 Å². The van der Waals surface area contributed by atoms with Gasteiger partial charge in [0.05, 0.1) is 0 Å². The number of carbonyl (C=O) groups is 1. The Balaban J connectivity index is 2.21. The van der Waals surface area contributed by atoms with Gasteiger partial charge in [0.2, 0.25) is 0 Å². The Morgan fingerprint density at radius 3 is 2.91 bits per heavy atom. The molecule has 0 aromatic rings. The largest absolute Gasteiger partial charge is 0.295 e. The smallest absolute Gasteiger partial charge is 0.158 e. The van der Waals surface area contributed by atoms with Gasteiger partial charge in [0.1, 0.15) is 0 Å². The van der Waals surface area contributed by atoms with Crippen LogP contribution in [-0.2, 0) is 4.79 Å². The molecule has 0 saturated heterocycles. The molecule has 1 atom stereocenters. The molecule has 11 heavy (non-hydrogen) atoms. The van der Waals surface area contributed by atoms with E-state index in [1.54, 1.807) is 0 Å². The minimum absolute atomic E-state index is 0.431. The second kappa shape index (κ2) is 2.80. The fraction of sp³-hybridized carbons (Fsp3) is 0.700. The molecule has 0 N–H and O–H groups in total. The van der Waals surface area contributed by atoms with E-state index in [4.69, 9.17) is 0 Å². The first-order valence-electron chi connectivity index (χ1n) is 4.61. The normalized spacial score (nSPS) is 31.1. The Kier molecular flexibility index (Phi) is 1.80. The highest BCUT2D eigenvalue weighted by Gasteiger charge is 2.26. The van der Waals surface area contributed by atoms with Gasteiger partial charge in [-0.1, -0.05) is 6.08 Å². The molecule has 0 aromatic carbocycles. The zero-order valence-corrected chi connectivity index (χ0v) is 6.81. The van der Waals surface area contributed by atoms with Gasteiger partial charge in [0, 0.05) is 6.42 Å². The molecule has 1 heteroatoms. The minimum Gasteiger partial charge on any atom is -0.295 e. The van der Waals surface area contributed by atoms with Crippen molar-refractivity contribution in [3.63, 3.8) is 0 Å². The third kappa shape index (κ3) is 1.24. The summed E-state index contributed by atoms with van der Waals surface area (Å²) in [5.41, 5.74) is 1.17. The lowest BCUT2D eigenvalue weighted by Crippen LogP contribution is -2.21. The molecule has 1 saturated carbocycles. The summed E-state index contributed by atoms with van der Waals surface area (Å²) >= 11 is 0. The van der Waals surface area contributed by atoms with E-state index in [9.17, 15) is 4.79 Å². The second-order valence-electron chi connectivity index (χ2n) is 3.60. The summed E-state index contributed by atoms with van der Waals surface area (Å²) in [4.78, 5) is 11.4. The van der Waals surface area contributed by atoms with E-state index in [1.165, 1.54) is 24.8 Å². The molecule has 0 aliphatic heterocycles. The Morgan fingerprint density at radius 1 is 1.27 bits per heavy atom. The van der Waals surface area contributed by atoms with E-state index in [0.717, 1.165) is 19.3 Å². The standard InChI is InChI=1S/C10H14O/c11-10-7-3-5-8-4-1-2-6-9(8)10/h6,8H,1-5,7H2. The minimum atomic E-state index is 0.431. The van der Waals surface area contributed by atoms with Crippen LogP contribution in [0.25, 0.3) is 0 Å². The van der Waals surface area contributed by atoms with E-state index >= 15 is 0 Å². The molecule has 2 rings (SSSR count). The van der Waals surface area contributed by atoms with Crippen molar-refractivity contribution >= 4 is 5.78 Å². The van der Waals surface area contributed by atoms with Gasteiger partial charge in [-0.05, 0) is 43.6 Å². The fourth-order valence-corrected chi connectivity index (χ4v) is 2.24. The summed E-state index contributed by atoms with van der Waals surface area (Å²) < 4.78 is 0. The van der Waals surface area contributed by atoms with Gasteiger partial charge >= 0.3 is 0 Å². The molecule has 0 amide bonds. The maximum atomic E-state index is 11.4. The van der Waals surface area contributed by atoms with Crippen LogP contribution in [0.3, 0.4) is 0 Å². The van der Waals surface area contributed by atoms with Gasteiger partial charge in [-0.3, -0.25) is 4.79 Å². The number of ketones is 1. The molecular formula is C10H14O. The second-order valence-corrected chi connectivity index (χ2v) is 3.60. The number of fused-ring (bicyclic) bond motifs is 1. The van der Waals surface area contributed by atoms with Crippen molar-refractivity contribution < 1.29 is 4.79 Å². The number of allylic oxidation sites excluding steroid dienone is 2. The molecule has 0 spiro atoms. The first-order chi connectivity index (χ1) is 5.38. The molecule has 1 nitrogen and oxygen atoms in total. The van der Waals surface area contributed by atoms with E-state index in [-0.39, 0.29) is 0 Å². The molecule has 0 heterocycles. The third-order valence-electron chi connectivity index (χ3n) is 2.84. The van der Waals surface area contributed by atoms with Crippen LogP contribution in [0.5, 0.6) is 0 Å². The van der Waals surface area contributed by atoms with Crippen molar-refractivity contribution in [1.82, 2.24) is 0 Å². The van der Waals surface area contributed by atoms with Crippen molar-refractivity contribution in [1.29, 1.82) is 0 Å². The Morgan fingerprint density at radius 2 is 2.09 bits per heavy atom. The molecule has 2 aliphatic rings. The quantitative estimate of drug-likeness (QED) is 0.518. The van der Waals surface area contributed by atoms with Gasteiger partial charge in [0.25, 0.3) is 0 Å². The monoisotopic (exact) mass is 150 g/mol. The molecule has 1 fully saturated rings. The predicted molar refractivity (Wildman–Crippen MR) is 44.3 cm³/mol. The third-order valence-corrected chi connectivity index (χ3v) is 2.84. The SMILES string of the molecule is O=C1CCCC2CCCC=C12. The lowest BCUT2D eigenvalue weighted by molar-refractivity contribution is -0.117.